The number of rotatable bonds is 7. The van der Waals surface area contributed by atoms with Crippen molar-refractivity contribution < 1.29 is 17.2 Å². The first-order valence-electron chi connectivity index (χ1n) is 6.73. The van der Waals surface area contributed by atoms with Crippen LogP contribution in [0.3, 0.4) is 0 Å². The molecule has 8 heteroatoms. The van der Waals surface area contributed by atoms with E-state index in [-0.39, 0.29) is 6.54 Å². The third-order valence-electron chi connectivity index (χ3n) is 3.57. The molecule has 0 amide bonds. The molecule has 1 aliphatic rings. The molecule has 0 bridgehead atoms. The zero-order valence-corrected chi connectivity index (χ0v) is 12.6. The molecule has 0 unspecified atom stereocenters. The van der Waals surface area contributed by atoms with Crippen LogP contribution in [0.4, 0.5) is 8.78 Å². The number of nitrogens with two attached hydrogens (primary N) is 1. The second kappa shape index (κ2) is 6.35. The summed E-state index contributed by atoms with van der Waals surface area (Å²) >= 11 is 0. The van der Waals surface area contributed by atoms with Gasteiger partial charge in [-0.2, -0.15) is 0 Å². The average Bonchev–Trinajstić information content (AvgIpc) is 3.22. The van der Waals surface area contributed by atoms with Crippen molar-refractivity contribution in [2.75, 3.05) is 20.1 Å². The van der Waals surface area contributed by atoms with Gasteiger partial charge in [-0.3, -0.25) is 0 Å². The van der Waals surface area contributed by atoms with Crippen molar-refractivity contribution in [3.63, 3.8) is 0 Å². The van der Waals surface area contributed by atoms with Crippen LogP contribution in [0.5, 0.6) is 0 Å². The van der Waals surface area contributed by atoms with Crippen LogP contribution in [0, 0.1) is 11.6 Å². The summed E-state index contributed by atoms with van der Waals surface area (Å²) in [7, 11) is -2.10. The van der Waals surface area contributed by atoms with Crippen LogP contribution >= 0.6 is 0 Å². The second-order valence-electron chi connectivity index (χ2n) is 5.15. The van der Waals surface area contributed by atoms with Crippen LogP contribution in [0.2, 0.25) is 0 Å². The fourth-order valence-corrected chi connectivity index (χ4v) is 3.22. The third-order valence-corrected chi connectivity index (χ3v) is 5.05. The number of nitrogens with one attached hydrogen (secondary N) is 1. The average molecular weight is 319 g/mol. The Balaban J connectivity index is 2.08. The first-order valence-corrected chi connectivity index (χ1v) is 8.22. The maximum absolute atomic E-state index is 14.0. The van der Waals surface area contributed by atoms with Crippen molar-refractivity contribution in [3.05, 3.63) is 29.3 Å². The molecule has 0 radical (unpaired) electrons. The van der Waals surface area contributed by atoms with Crippen LogP contribution in [-0.4, -0.2) is 39.5 Å². The molecule has 1 fully saturated rings. The SMILES string of the molecule is CN(CCNS(=O)(=O)c1ccc(F)c(CN)c1F)C1CC1. The summed E-state index contributed by atoms with van der Waals surface area (Å²) in [5.41, 5.74) is 4.82. The summed E-state index contributed by atoms with van der Waals surface area (Å²) in [5.74, 6) is -1.97. The van der Waals surface area contributed by atoms with E-state index in [1.165, 1.54) is 0 Å². The molecule has 1 saturated carbocycles. The molecule has 2 rings (SSSR count). The second-order valence-corrected chi connectivity index (χ2v) is 6.89. The van der Waals surface area contributed by atoms with Crippen molar-refractivity contribution in [1.29, 1.82) is 0 Å². The Labute approximate surface area is 123 Å². The Morgan fingerprint density at radius 2 is 2.05 bits per heavy atom. The Morgan fingerprint density at radius 3 is 2.62 bits per heavy atom. The zero-order valence-electron chi connectivity index (χ0n) is 11.8. The number of likely N-dealkylation sites (N-methyl/N-ethyl adjacent to an activating group) is 1. The van der Waals surface area contributed by atoms with E-state index in [1.807, 2.05) is 7.05 Å². The molecule has 5 nitrogen and oxygen atoms in total. The van der Waals surface area contributed by atoms with Crippen molar-refractivity contribution in [2.45, 2.75) is 30.3 Å². The number of hydrogen-bond donors (Lipinski definition) is 2. The number of benzene rings is 1. The van der Waals surface area contributed by atoms with E-state index in [0.29, 0.717) is 12.6 Å². The number of hydrogen-bond acceptors (Lipinski definition) is 4. The Hall–Kier alpha value is -1.09. The van der Waals surface area contributed by atoms with Gasteiger partial charge in [0, 0.05) is 31.2 Å². The van der Waals surface area contributed by atoms with Crippen molar-refractivity contribution in [2.24, 2.45) is 5.73 Å². The lowest BCUT2D eigenvalue weighted by molar-refractivity contribution is 0.329. The largest absolute Gasteiger partial charge is 0.326 e. The van der Waals surface area contributed by atoms with Gasteiger partial charge in [0.05, 0.1) is 0 Å². The fraction of sp³-hybridized carbons (Fsp3) is 0.538. The molecule has 21 heavy (non-hydrogen) atoms. The first-order chi connectivity index (χ1) is 9.86. The van der Waals surface area contributed by atoms with Gasteiger partial charge in [0.25, 0.3) is 0 Å². The number of nitrogens with zero attached hydrogens (tertiary/aromatic N) is 1. The van der Waals surface area contributed by atoms with E-state index in [9.17, 15) is 17.2 Å². The summed E-state index contributed by atoms with van der Waals surface area (Å²) < 4.78 is 53.8. The van der Waals surface area contributed by atoms with E-state index >= 15 is 0 Å². The zero-order chi connectivity index (χ0) is 15.6. The van der Waals surface area contributed by atoms with Gasteiger partial charge in [0.15, 0.2) is 5.82 Å². The highest BCUT2D eigenvalue weighted by Crippen LogP contribution is 2.25. The van der Waals surface area contributed by atoms with Crippen molar-refractivity contribution in [1.82, 2.24) is 9.62 Å². The van der Waals surface area contributed by atoms with Crippen LogP contribution < -0.4 is 10.5 Å². The van der Waals surface area contributed by atoms with Gasteiger partial charge in [0.1, 0.15) is 10.7 Å². The first kappa shape index (κ1) is 16.3. The molecule has 1 aromatic carbocycles. The van der Waals surface area contributed by atoms with Crippen LogP contribution in [0.1, 0.15) is 18.4 Å². The summed E-state index contributed by atoms with van der Waals surface area (Å²) in [4.78, 5) is 1.48. The smallest absolute Gasteiger partial charge is 0.243 e. The van der Waals surface area contributed by atoms with Crippen molar-refractivity contribution in [3.8, 4) is 0 Å². The van der Waals surface area contributed by atoms with Gasteiger partial charge in [-0.15, -0.1) is 0 Å². The number of halogens is 2. The van der Waals surface area contributed by atoms with Gasteiger partial charge in [0.2, 0.25) is 10.0 Å². The lowest BCUT2D eigenvalue weighted by Gasteiger charge is -2.16. The molecule has 0 heterocycles. The van der Waals surface area contributed by atoms with E-state index in [0.717, 1.165) is 25.0 Å². The molecule has 118 valence electrons. The van der Waals surface area contributed by atoms with E-state index in [4.69, 9.17) is 5.73 Å². The lowest BCUT2D eigenvalue weighted by atomic mass is 10.2. The maximum Gasteiger partial charge on any atom is 0.243 e. The minimum atomic E-state index is -4.02. The molecular weight excluding hydrogens is 300 g/mol. The van der Waals surface area contributed by atoms with Crippen LogP contribution in [0.25, 0.3) is 0 Å². The van der Waals surface area contributed by atoms with Crippen molar-refractivity contribution >= 4 is 10.0 Å². The highest BCUT2D eigenvalue weighted by molar-refractivity contribution is 7.89. The normalized spacial score (nSPS) is 15.7. The van der Waals surface area contributed by atoms with Crippen LogP contribution in [-0.2, 0) is 16.6 Å². The molecule has 1 aromatic rings. The highest BCUT2D eigenvalue weighted by Gasteiger charge is 2.27. The molecule has 0 spiro atoms. The lowest BCUT2D eigenvalue weighted by Crippen LogP contribution is -2.34. The predicted octanol–water partition coefficient (Wildman–Crippen LogP) is 0.796. The molecule has 0 aliphatic heterocycles. The maximum atomic E-state index is 14.0. The molecule has 0 aromatic heterocycles. The summed E-state index contributed by atoms with van der Waals surface area (Å²) in [6.07, 6.45) is 2.24. The fourth-order valence-electron chi connectivity index (χ4n) is 2.10. The monoisotopic (exact) mass is 319 g/mol. The summed E-state index contributed by atoms with van der Waals surface area (Å²) in [6, 6.07) is 2.34. The van der Waals surface area contributed by atoms with E-state index < -0.39 is 38.7 Å². The Kier molecular flexibility index (Phi) is 4.92. The molecular formula is C13H19F2N3O2S. The number of sulfonamides is 1. The molecule has 0 atom stereocenters. The minimum Gasteiger partial charge on any atom is -0.326 e. The van der Waals surface area contributed by atoms with E-state index in [1.54, 1.807) is 0 Å². The third kappa shape index (κ3) is 3.76. The van der Waals surface area contributed by atoms with Gasteiger partial charge < -0.3 is 10.6 Å². The van der Waals surface area contributed by atoms with Gasteiger partial charge in [-0.05, 0) is 32.0 Å². The van der Waals surface area contributed by atoms with E-state index in [2.05, 4.69) is 9.62 Å². The molecule has 1 aliphatic carbocycles. The predicted molar refractivity (Wildman–Crippen MR) is 75.1 cm³/mol. The van der Waals surface area contributed by atoms with Gasteiger partial charge in [-0.25, -0.2) is 21.9 Å². The van der Waals surface area contributed by atoms with Crippen LogP contribution in [0.15, 0.2) is 17.0 Å². The highest BCUT2D eigenvalue weighted by atomic mass is 32.2. The molecule has 0 saturated heterocycles. The Bertz CT molecular complexity index is 618. The molecule has 3 N–H and O–H groups in total. The van der Waals surface area contributed by atoms with Gasteiger partial charge in [-0.1, -0.05) is 0 Å². The Morgan fingerprint density at radius 1 is 1.38 bits per heavy atom. The standard InChI is InChI=1S/C13H19F2N3O2S/c1-18(9-2-3-9)7-6-17-21(19,20)12-5-4-11(14)10(8-16)13(12)15/h4-5,9,17H,2-3,6-8,16H2,1H3. The van der Waals surface area contributed by atoms with Gasteiger partial charge >= 0.3 is 0 Å². The quantitative estimate of drug-likeness (QED) is 0.779. The minimum absolute atomic E-state index is 0.171. The summed E-state index contributed by atoms with van der Waals surface area (Å²) in [5, 5.41) is 0. The topological polar surface area (TPSA) is 75.4 Å². The summed E-state index contributed by atoms with van der Waals surface area (Å²) in [6.45, 7) is 0.312.